The summed E-state index contributed by atoms with van der Waals surface area (Å²) in [5.74, 6) is -1.05. The maximum Gasteiger partial charge on any atom is 0.275 e. The number of amides is 3. The first-order valence-electron chi connectivity index (χ1n) is 8.12. The number of carbonyl (C=O) groups excluding carboxylic acids is 3. The van der Waals surface area contributed by atoms with Crippen LogP contribution in [-0.4, -0.2) is 35.9 Å². The van der Waals surface area contributed by atoms with Crippen LogP contribution in [0.25, 0.3) is 0 Å². The predicted molar refractivity (Wildman–Crippen MR) is 97.2 cm³/mol. The summed E-state index contributed by atoms with van der Waals surface area (Å²) < 4.78 is 10.5. The minimum Gasteiger partial charge on any atom is -0.457 e. The van der Waals surface area contributed by atoms with Crippen molar-refractivity contribution in [1.29, 1.82) is 0 Å². The highest BCUT2D eigenvalue weighted by atomic mass is 16.6. The number of hydrogen-bond acceptors (Lipinski definition) is 7. The first-order valence-corrected chi connectivity index (χ1v) is 8.12. The lowest BCUT2D eigenvalue weighted by Crippen LogP contribution is -2.46. The fraction of sp³-hybridized carbons (Fsp3) is 0.167. The molecule has 1 aliphatic rings. The molecular formula is C18H15N3O7. The second-order valence-electron chi connectivity index (χ2n) is 5.87. The van der Waals surface area contributed by atoms with Crippen LogP contribution in [-0.2, 0) is 19.1 Å². The standard InChI is InChI=1S/C18H15N3O7/c1-11(22)19-12-2-4-15(5-3-12)28-16-7-13(6-14(8-16)21(25)26)20-17(23)9-27-10-18(20)24/h2-8H,9-10H2,1H3,(H,19,22). The zero-order chi connectivity index (χ0) is 20.3. The van der Waals surface area contributed by atoms with Crippen molar-refractivity contribution in [2.75, 3.05) is 23.4 Å². The van der Waals surface area contributed by atoms with E-state index in [1.807, 2.05) is 0 Å². The fourth-order valence-corrected chi connectivity index (χ4v) is 2.59. The van der Waals surface area contributed by atoms with Gasteiger partial charge in [0.2, 0.25) is 5.91 Å². The summed E-state index contributed by atoms with van der Waals surface area (Å²) >= 11 is 0. The second kappa shape index (κ2) is 7.84. The second-order valence-corrected chi connectivity index (χ2v) is 5.87. The van der Waals surface area contributed by atoms with Gasteiger partial charge < -0.3 is 14.8 Å². The van der Waals surface area contributed by atoms with Gasteiger partial charge in [-0.2, -0.15) is 0 Å². The number of nitro groups is 1. The summed E-state index contributed by atoms with van der Waals surface area (Å²) in [5.41, 5.74) is 0.246. The summed E-state index contributed by atoms with van der Waals surface area (Å²) in [5, 5.41) is 13.9. The number of hydrogen-bond donors (Lipinski definition) is 1. The molecule has 1 fully saturated rings. The quantitative estimate of drug-likeness (QED) is 0.475. The van der Waals surface area contributed by atoms with Gasteiger partial charge in [0.25, 0.3) is 17.5 Å². The van der Waals surface area contributed by atoms with E-state index in [9.17, 15) is 24.5 Å². The Morgan fingerprint density at radius 1 is 1.11 bits per heavy atom. The number of ether oxygens (including phenoxy) is 2. The Labute approximate surface area is 158 Å². The molecule has 1 aliphatic heterocycles. The zero-order valence-electron chi connectivity index (χ0n) is 14.7. The van der Waals surface area contributed by atoms with E-state index in [0.717, 1.165) is 11.0 Å². The molecule has 10 nitrogen and oxygen atoms in total. The number of non-ortho nitro benzene ring substituents is 1. The summed E-state index contributed by atoms with van der Waals surface area (Å²) in [7, 11) is 0. The van der Waals surface area contributed by atoms with Gasteiger partial charge in [-0.1, -0.05) is 0 Å². The van der Waals surface area contributed by atoms with Gasteiger partial charge in [0.15, 0.2) is 0 Å². The molecule has 3 rings (SSSR count). The van der Waals surface area contributed by atoms with E-state index in [0.29, 0.717) is 11.4 Å². The first-order chi connectivity index (χ1) is 13.3. The molecule has 0 saturated carbocycles. The Kier molecular flexibility index (Phi) is 5.32. The van der Waals surface area contributed by atoms with Crippen molar-refractivity contribution in [3.05, 3.63) is 52.6 Å². The maximum absolute atomic E-state index is 12.0. The fourth-order valence-electron chi connectivity index (χ4n) is 2.59. The van der Waals surface area contributed by atoms with E-state index in [1.54, 1.807) is 24.3 Å². The highest BCUT2D eigenvalue weighted by molar-refractivity contribution is 6.17. The topological polar surface area (TPSA) is 128 Å². The van der Waals surface area contributed by atoms with Crippen LogP contribution in [0, 0.1) is 10.1 Å². The summed E-state index contributed by atoms with van der Waals surface area (Å²) in [4.78, 5) is 46.5. The van der Waals surface area contributed by atoms with E-state index in [4.69, 9.17) is 9.47 Å². The number of nitrogens with zero attached hydrogens (tertiary/aromatic N) is 2. The lowest BCUT2D eigenvalue weighted by atomic mass is 10.2. The number of carbonyl (C=O) groups is 3. The van der Waals surface area contributed by atoms with Gasteiger partial charge in [0, 0.05) is 24.7 Å². The minimum atomic E-state index is -0.647. The number of anilines is 2. The molecule has 28 heavy (non-hydrogen) atoms. The molecule has 0 unspecified atom stereocenters. The molecule has 3 amide bonds. The Hall–Kier alpha value is -3.79. The third kappa shape index (κ3) is 4.30. The van der Waals surface area contributed by atoms with Crippen LogP contribution in [0.1, 0.15) is 6.92 Å². The predicted octanol–water partition coefficient (Wildman–Crippen LogP) is 2.24. The third-order valence-electron chi connectivity index (χ3n) is 3.71. The number of benzene rings is 2. The molecule has 0 radical (unpaired) electrons. The first kappa shape index (κ1) is 19.0. The molecule has 0 bridgehead atoms. The lowest BCUT2D eigenvalue weighted by Gasteiger charge is -2.25. The van der Waals surface area contributed by atoms with Crippen LogP contribution in [0.4, 0.5) is 17.1 Å². The van der Waals surface area contributed by atoms with E-state index < -0.39 is 16.7 Å². The average molecular weight is 385 g/mol. The number of nitro benzene ring substituents is 1. The number of rotatable bonds is 5. The molecule has 144 valence electrons. The van der Waals surface area contributed by atoms with Gasteiger partial charge in [0.05, 0.1) is 16.7 Å². The van der Waals surface area contributed by atoms with E-state index in [-0.39, 0.29) is 36.2 Å². The van der Waals surface area contributed by atoms with Crippen molar-refractivity contribution < 1.29 is 28.8 Å². The normalized spacial score (nSPS) is 14.0. The minimum absolute atomic E-state index is 0.0253. The van der Waals surface area contributed by atoms with E-state index in [1.165, 1.54) is 19.1 Å². The highest BCUT2D eigenvalue weighted by Gasteiger charge is 2.30. The molecule has 10 heteroatoms. The third-order valence-corrected chi connectivity index (χ3v) is 3.71. The van der Waals surface area contributed by atoms with Gasteiger partial charge >= 0.3 is 0 Å². The van der Waals surface area contributed by atoms with E-state index in [2.05, 4.69) is 5.32 Å². The van der Waals surface area contributed by atoms with Gasteiger partial charge in [-0.15, -0.1) is 0 Å². The van der Waals surface area contributed by atoms with Gasteiger partial charge in [-0.05, 0) is 24.3 Å². The average Bonchev–Trinajstić information content (AvgIpc) is 2.62. The summed E-state index contributed by atoms with van der Waals surface area (Å²) in [6.07, 6.45) is 0. The molecular weight excluding hydrogens is 370 g/mol. The number of imide groups is 1. The van der Waals surface area contributed by atoms with Crippen molar-refractivity contribution in [2.45, 2.75) is 6.92 Å². The van der Waals surface area contributed by atoms with Crippen molar-refractivity contribution in [1.82, 2.24) is 0 Å². The highest BCUT2D eigenvalue weighted by Crippen LogP contribution is 2.32. The largest absolute Gasteiger partial charge is 0.457 e. The molecule has 1 N–H and O–H groups in total. The SMILES string of the molecule is CC(=O)Nc1ccc(Oc2cc(N3C(=O)COCC3=O)cc([N+](=O)[O-])c2)cc1. The molecule has 2 aromatic carbocycles. The summed E-state index contributed by atoms with van der Waals surface area (Å²) in [6, 6.07) is 9.99. The van der Waals surface area contributed by atoms with Crippen LogP contribution in [0.5, 0.6) is 11.5 Å². The van der Waals surface area contributed by atoms with Gasteiger partial charge in [0.1, 0.15) is 24.7 Å². The molecule has 1 heterocycles. The van der Waals surface area contributed by atoms with Crippen LogP contribution in [0.15, 0.2) is 42.5 Å². The Morgan fingerprint density at radius 2 is 1.75 bits per heavy atom. The number of morpholine rings is 1. The molecule has 0 spiro atoms. The van der Waals surface area contributed by atoms with E-state index >= 15 is 0 Å². The van der Waals surface area contributed by atoms with Crippen LogP contribution >= 0.6 is 0 Å². The zero-order valence-corrected chi connectivity index (χ0v) is 14.7. The van der Waals surface area contributed by atoms with Crippen LogP contribution < -0.4 is 15.0 Å². The molecule has 2 aromatic rings. The van der Waals surface area contributed by atoms with Gasteiger partial charge in [-0.3, -0.25) is 24.5 Å². The Morgan fingerprint density at radius 3 is 2.32 bits per heavy atom. The van der Waals surface area contributed by atoms with Crippen LogP contribution in [0.2, 0.25) is 0 Å². The van der Waals surface area contributed by atoms with Crippen LogP contribution in [0.3, 0.4) is 0 Å². The number of nitrogens with one attached hydrogen (secondary N) is 1. The summed E-state index contributed by atoms with van der Waals surface area (Å²) in [6.45, 7) is 0.785. The Bertz CT molecular complexity index is 940. The maximum atomic E-state index is 12.0. The van der Waals surface area contributed by atoms with Crippen molar-refractivity contribution in [3.8, 4) is 11.5 Å². The van der Waals surface area contributed by atoms with Crippen molar-refractivity contribution in [3.63, 3.8) is 0 Å². The molecule has 0 aliphatic carbocycles. The lowest BCUT2D eigenvalue weighted by molar-refractivity contribution is -0.384. The van der Waals surface area contributed by atoms with Crippen molar-refractivity contribution >= 4 is 34.8 Å². The van der Waals surface area contributed by atoms with Gasteiger partial charge in [-0.25, -0.2) is 4.90 Å². The molecule has 0 atom stereocenters. The monoisotopic (exact) mass is 385 g/mol. The Balaban J connectivity index is 1.91. The molecule has 1 saturated heterocycles. The molecule has 0 aromatic heterocycles. The van der Waals surface area contributed by atoms with Crippen molar-refractivity contribution in [2.24, 2.45) is 0 Å². The smallest absolute Gasteiger partial charge is 0.275 e.